The van der Waals surface area contributed by atoms with E-state index in [4.69, 9.17) is 0 Å². The average Bonchev–Trinajstić information content (AvgIpc) is 2.99. The molecule has 4 amide bonds. The van der Waals surface area contributed by atoms with Gasteiger partial charge >= 0.3 is 6.03 Å². The molecular formula is C23H27N4O3+. The van der Waals surface area contributed by atoms with Gasteiger partial charge in [0.05, 0.1) is 13.1 Å². The number of hydrogen-bond donors (Lipinski definition) is 3. The Morgan fingerprint density at radius 2 is 1.67 bits per heavy atom. The molecule has 0 bridgehead atoms. The molecule has 0 unspecified atom stereocenters. The van der Waals surface area contributed by atoms with Gasteiger partial charge in [0.15, 0.2) is 6.67 Å². The summed E-state index contributed by atoms with van der Waals surface area (Å²) in [6, 6.07) is 18.4. The highest BCUT2D eigenvalue weighted by Gasteiger charge is 2.50. The van der Waals surface area contributed by atoms with E-state index in [1.54, 1.807) is 6.92 Å². The molecule has 2 fully saturated rings. The molecule has 4 rings (SSSR count). The summed E-state index contributed by atoms with van der Waals surface area (Å²) < 4.78 is 0. The molecule has 0 aromatic heterocycles. The molecule has 7 heteroatoms. The maximum Gasteiger partial charge on any atom is 0.329 e. The van der Waals surface area contributed by atoms with Crippen LogP contribution in [-0.2, 0) is 15.1 Å². The van der Waals surface area contributed by atoms with Crippen LogP contribution in [0.25, 0.3) is 0 Å². The third kappa shape index (κ3) is 3.93. The monoisotopic (exact) mass is 407 g/mol. The molecule has 2 saturated heterocycles. The molecule has 0 radical (unpaired) electrons. The summed E-state index contributed by atoms with van der Waals surface area (Å²) in [5.74, 6) is -0.242. The Kier molecular flexibility index (Phi) is 5.55. The Balaban J connectivity index is 1.33. The molecule has 2 heterocycles. The SMILES string of the molecule is C[C@@]1(c2ccccc2)NC(=O)N(C[NH+]2CCC(C(=O)Nc3ccccc3)CC2)C1=O. The molecule has 156 valence electrons. The summed E-state index contributed by atoms with van der Waals surface area (Å²) in [4.78, 5) is 40.6. The summed E-state index contributed by atoms with van der Waals surface area (Å²) in [7, 11) is 0. The van der Waals surface area contributed by atoms with Crippen molar-refractivity contribution in [2.45, 2.75) is 25.3 Å². The minimum atomic E-state index is -1.04. The quantitative estimate of drug-likeness (QED) is 0.655. The van der Waals surface area contributed by atoms with Crippen LogP contribution in [0.2, 0.25) is 0 Å². The Labute approximate surface area is 176 Å². The van der Waals surface area contributed by atoms with Crippen molar-refractivity contribution < 1.29 is 19.3 Å². The van der Waals surface area contributed by atoms with Gasteiger partial charge in [-0.2, -0.15) is 0 Å². The van der Waals surface area contributed by atoms with Crippen LogP contribution in [0.15, 0.2) is 60.7 Å². The Morgan fingerprint density at radius 1 is 1.07 bits per heavy atom. The van der Waals surface area contributed by atoms with E-state index in [1.807, 2.05) is 60.7 Å². The first kappa shape index (κ1) is 20.1. The number of amides is 4. The van der Waals surface area contributed by atoms with Gasteiger partial charge in [-0.1, -0.05) is 48.5 Å². The largest absolute Gasteiger partial charge is 0.329 e. The average molecular weight is 407 g/mol. The molecule has 2 aliphatic rings. The van der Waals surface area contributed by atoms with Crippen molar-refractivity contribution in [2.75, 3.05) is 25.1 Å². The second-order valence-electron chi connectivity index (χ2n) is 8.19. The zero-order valence-corrected chi connectivity index (χ0v) is 17.1. The topological polar surface area (TPSA) is 82.9 Å². The zero-order valence-electron chi connectivity index (χ0n) is 17.1. The predicted molar refractivity (Wildman–Crippen MR) is 113 cm³/mol. The molecule has 0 saturated carbocycles. The second kappa shape index (κ2) is 8.28. The smallest absolute Gasteiger partial charge is 0.326 e. The number of quaternary nitrogens is 1. The normalized spacial score (nSPS) is 26.4. The molecule has 2 aromatic rings. The number of imide groups is 1. The number of para-hydroxylation sites is 1. The van der Waals surface area contributed by atoms with Crippen LogP contribution in [0.1, 0.15) is 25.3 Å². The molecule has 0 spiro atoms. The van der Waals surface area contributed by atoms with Crippen LogP contribution >= 0.6 is 0 Å². The van der Waals surface area contributed by atoms with E-state index >= 15 is 0 Å². The standard InChI is InChI=1S/C23H26N4O3/c1-23(18-8-4-2-5-9-18)21(29)27(22(30)25-23)16-26-14-12-17(13-15-26)20(28)24-19-10-6-3-7-11-19/h2-11,17H,12-16H2,1H3,(H,24,28)(H,25,30)/p+1/t23-/m0/s1. The number of urea groups is 1. The number of benzene rings is 2. The number of piperidine rings is 1. The van der Waals surface area contributed by atoms with Crippen LogP contribution in [0.5, 0.6) is 0 Å². The Hall–Kier alpha value is -3.19. The highest BCUT2D eigenvalue weighted by atomic mass is 16.2. The Morgan fingerprint density at radius 3 is 2.30 bits per heavy atom. The lowest BCUT2D eigenvalue weighted by molar-refractivity contribution is -0.912. The summed E-state index contributed by atoms with van der Waals surface area (Å²) in [5, 5.41) is 5.82. The van der Waals surface area contributed by atoms with Crippen molar-refractivity contribution >= 4 is 23.5 Å². The van der Waals surface area contributed by atoms with Gasteiger partial charge in [-0.15, -0.1) is 0 Å². The van der Waals surface area contributed by atoms with Gasteiger partial charge in [0.1, 0.15) is 5.54 Å². The lowest BCUT2D eigenvalue weighted by atomic mass is 9.92. The second-order valence-corrected chi connectivity index (χ2v) is 8.19. The maximum atomic E-state index is 13.1. The van der Waals surface area contributed by atoms with Crippen molar-refractivity contribution in [1.29, 1.82) is 0 Å². The number of carbonyl (C=O) groups excluding carboxylic acids is 3. The number of rotatable bonds is 5. The maximum absolute atomic E-state index is 13.1. The van der Waals surface area contributed by atoms with E-state index in [2.05, 4.69) is 10.6 Å². The lowest BCUT2D eigenvalue weighted by Gasteiger charge is -2.30. The number of nitrogens with zero attached hydrogens (tertiary/aromatic N) is 1. The van der Waals surface area contributed by atoms with Crippen LogP contribution in [0, 0.1) is 5.92 Å². The number of nitrogens with one attached hydrogen (secondary N) is 3. The van der Waals surface area contributed by atoms with Crippen LogP contribution in [-0.4, -0.2) is 42.5 Å². The van der Waals surface area contributed by atoms with Gasteiger partial charge in [0.25, 0.3) is 5.91 Å². The van der Waals surface area contributed by atoms with Gasteiger partial charge in [-0.25, -0.2) is 9.69 Å². The molecule has 3 N–H and O–H groups in total. The van der Waals surface area contributed by atoms with E-state index in [0.29, 0.717) is 6.67 Å². The first-order valence-corrected chi connectivity index (χ1v) is 10.4. The number of carbonyl (C=O) groups is 3. The van der Waals surface area contributed by atoms with E-state index in [0.717, 1.165) is 42.1 Å². The molecule has 0 aliphatic carbocycles. The van der Waals surface area contributed by atoms with E-state index < -0.39 is 5.54 Å². The van der Waals surface area contributed by atoms with Crippen molar-refractivity contribution in [1.82, 2.24) is 10.2 Å². The van der Waals surface area contributed by atoms with E-state index in [1.165, 1.54) is 4.90 Å². The van der Waals surface area contributed by atoms with Gasteiger partial charge < -0.3 is 15.5 Å². The first-order chi connectivity index (χ1) is 14.5. The summed E-state index contributed by atoms with van der Waals surface area (Å²) in [6.45, 7) is 3.55. The van der Waals surface area contributed by atoms with Gasteiger partial charge in [-0.3, -0.25) is 9.59 Å². The molecule has 30 heavy (non-hydrogen) atoms. The van der Waals surface area contributed by atoms with Crippen LogP contribution in [0.4, 0.5) is 10.5 Å². The lowest BCUT2D eigenvalue weighted by Crippen LogP contribution is -3.14. The van der Waals surface area contributed by atoms with Crippen LogP contribution < -0.4 is 15.5 Å². The number of hydrogen-bond acceptors (Lipinski definition) is 3. The van der Waals surface area contributed by atoms with Crippen molar-refractivity contribution in [3.8, 4) is 0 Å². The predicted octanol–water partition coefficient (Wildman–Crippen LogP) is 1.34. The fraction of sp³-hybridized carbons (Fsp3) is 0.348. The highest BCUT2D eigenvalue weighted by molar-refractivity contribution is 6.07. The third-order valence-electron chi connectivity index (χ3n) is 6.11. The fourth-order valence-electron chi connectivity index (χ4n) is 4.24. The summed E-state index contributed by atoms with van der Waals surface area (Å²) in [5.41, 5.74) is 0.542. The van der Waals surface area contributed by atoms with Crippen molar-refractivity contribution in [2.24, 2.45) is 5.92 Å². The molecular weight excluding hydrogens is 380 g/mol. The summed E-state index contributed by atoms with van der Waals surface area (Å²) in [6.07, 6.45) is 1.46. The van der Waals surface area contributed by atoms with Gasteiger partial charge in [0, 0.05) is 24.4 Å². The van der Waals surface area contributed by atoms with E-state index in [-0.39, 0.29) is 23.8 Å². The van der Waals surface area contributed by atoms with Gasteiger partial charge in [0.2, 0.25) is 5.91 Å². The number of anilines is 1. The molecule has 1 atom stereocenters. The first-order valence-electron chi connectivity index (χ1n) is 10.4. The number of likely N-dealkylation sites (tertiary alicyclic amines) is 1. The van der Waals surface area contributed by atoms with Crippen LogP contribution in [0.3, 0.4) is 0 Å². The van der Waals surface area contributed by atoms with E-state index in [9.17, 15) is 14.4 Å². The third-order valence-corrected chi connectivity index (χ3v) is 6.11. The van der Waals surface area contributed by atoms with Crippen molar-refractivity contribution in [3.63, 3.8) is 0 Å². The van der Waals surface area contributed by atoms with Gasteiger partial charge in [-0.05, 0) is 24.6 Å². The fourth-order valence-corrected chi connectivity index (χ4v) is 4.24. The highest BCUT2D eigenvalue weighted by Crippen LogP contribution is 2.28. The molecule has 2 aliphatic heterocycles. The Bertz CT molecular complexity index is 926. The summed E-state index contributed by atoms with van der Waals surface area (Å²) >= 11 is 0. The van der Waals surface area contributed by atoms with Crippen molar-refractivity contribution in [3.05, 3.63) is 66.2 Å². The molecule has 7 nitrogen and oxygen atoms in total. The minimum absolute atomic E-state index is 0.0342. The molecule has 2 aromatic carbocycles. The zero-order chi connectivity index (χ0) is 21.1. The minimum Gasteiger partial charge on any atom is -0.326 e.